The number of benzene rings is 1. The molecule has 1 aromatic carbocycles. The lowest BCUT2D eigenvalue weighted by atomic mass is 9.84. The third kappa shape index (κ3) is 2.81. The molecular formula is C14H13Cl2NO3. The van der Waals surface area contributed by atoms with Crippen molar-refractivity contribution in [3.05, 3.63) is 45.1 Å². The zero-order valence-corrected chi connectivity index (χ0v) is 12.5. The predicted molar refractivity (Wildman–Crippen MR) is 76.7 cm³/mol. The summed E-state index contributed by atoms with van der Waals surface area (Å²) in [4.78, 5) is 23.7. The smallest absolute Gasteiger partial charge is 0.336 e. The van der Waals surface area contributed by atoms with Gasteiger partial charge in [0.05, 0.1) is 12.7 Å². The highest BCUT2D eigenvalue weighted by Gasteiger charge is 2.33. The van der Waals surface area contributed by atoms with Crippen LogP contribution in [0.1, 0.15) is 24.8 Å². The largest absolute Gasteiger partial charge is 0.466 e. The molecule has 6 heteroatoms. The van der Waals surface area contributed by atoms with E-state index in [4.69, 9.17) is 27.9 Å². The molecule has 0 fully saturated rings. The normalized spacial score (nSPS) is 18.8. The van der Waals surface area contributed by atoms with Gasteiger partial charge in [-0.1, -0.05) is 29.3 Å². The Morgan fingerprint density at radius 1 is 1.40 bits per heavy atom. The summed E-state index contributed by atoms with van der Waals surface area (Å²) in [5, 5.41) is 3.57. The Morgan fingerprint density at radius 3 is 2.70 bits per heavy atom. The van der Waals surface area contributed by atoms with Gasteiger partial charge in [0.25, 0.3) is 0 Å². The van der Waals surface area contributed by atoms with Crippen molar-refractivity contribution in [2.75, 3.05) is 7.11 Å². The van der Waals surface area contributed by atoms with Gasteiger partial charge >= 0.3 is 5.97 Å². The summed E-state index contributed by atoms with van der Waals surface area (Å²) in [6.45, 7) is 1.67. The molecule has 1 heterocycles. The average Bonchev–Trinajstić information content (AvgIpc) is 2.37. The van der Waals surface area contributed by atoms with Crippen LogP contribution in [0.25, 0.3) is 0 Å². The van der Waals surface area contributed by atoms with E-state index in [1.54, 1.807) is 25.1 Å². The second-order valence-corrected chi connectivity index (χ2v) is 5.34. The van der Waals surface area contributed by atoms with Crippen LogP contribution in [0.4, 0.5) is 0 Å². The molecule has 1 aliphatic heterocycles. The minimum absolute atomic E-state index is 0.142. The molecule has 0 saturated carbocycles. The number of allylic oxidation sites excluding steroid dienone is 1. The number of amides is 1. The first-order valence-electron chi connectivity index (χ1n) is 5.98. The van der Waals surface area contributed by atoms with E-state index >= 15 is 0 Å². The van der Waals surface area contributed by atoms with E-state index in [2.05, 4.69) is 5.32 Å². The molecule has 0 unspecified atom stereocenters. The van der Waals surface area contributed by atoms with Gasteiger partial charge in [0.15, 0.2) is 0 Å². The number of carbonyl (C=O) groups excluding carboxylic acids is 2. The quantitative estimate of drug-likeness (QED) is 0.854. The van der Waals surface area contributed by atoms with E-state index in [1.807, 2.05) is 0 Å². The van der Waals surface area contributed by atoms with Crippen molar-refractivity contribution in [2.45, 2.75) is 19.3 Å². The van der Waals surface area contributed by atoms with Crippen LogP contribution in [0, 0.1) is 0 Å². The summed E-state index contributed by atoms with van der Waals surface area (Å²) in [5.41, 5.74) is 1.59. The zero-order chi connectivity index (χ0) is 14.9. The lowest BCUT2D eigenvalue weighted by molar-refractivity contribution is -0.136. The molecule has 0 aromatic heterocycles. The number of carbonyl (C=O) groups is 2. The highest BCUT2D eigenvalue weighted by Crippen LogP contribution is 2.37. The number of ether oxygens (including phenoxy) is 1. The van der Waals surface area contributed by atoms with Gasteiger partial charge in [0.1, 0.15) is 0 Å². The van der Waals surface area contributed by atoms with Gasteiger partial charge < -0.3 is 10.1 Å². The van der Waals surface area contributed by atoms with Crippen molar-refractivity contribution in [1.29, 1.82) is 0 Å². The lowest BCUT2D eigenvalue weighted by Crippen LogP contribution is -2.34. The molecule has 0 saturated heterocycles. The number of rotatable bonds is 2. The van der Waals surface area contributed by atoms with Gasteiger partial charge in [-0.05, 0) is 24.6 Å². The van der Waals surface area contributed by atoms with Crippen LogP contribution in [-0.2, 0) is 14.3 Å². The molecule has 2 rings (SSSR count). The highest BCUT2D eigenvalue weighted by molar-refractivity contribution is 6.35. The van der Waals surface area contributed by atoms with E-state index in [0.717, 1.165) is 0 Å². The van der Waals surface area contributed by atoms with Crippen LogP contribution in [0.15, 0.2) is 29.5 Å². The molecule has 1 amide bonds. The molecule has 106 valence electrons. The van der Waals surface area contributed by atoms with Crippen LogP contribution in [-0.4, -0.2) is 19.0 Å². The summed E-state index contributed by atoms with van der Waals surface area (Å²) in [7, 11) is 1.31. The molecule has 1 aliphatic rings. The Balaban J connectivity index is 2.54. The third-order valence-corrected chi connectivity index (χ3v) is 3.77. The summed E-state index contributed by atoms with van der Waals surface area (Å²) < 4.78 is 4.79. The summed E-state index contributed by atoms with van der Waals surface area (Å²) in [5.74, 6) is -1.06. The zero-order valence-electron chi connectivity index (χ0n) is 11.0. The first-order chi connectivity index (χ1) is 9.43. The van der Waals surface area contributed by atoms with Crippen molar-refractivity contribution in [2.24, 2.45) is 0 Å². The summed E-state index contributed by atoms with van der Waals surface area (Å²) >= 11 is 12.1. The molecular weight excluding hydrogens is 301 g/mol. The number of methoxy groups -OCH3 is 1. The second-order valence-electron chi connectivity index (χ2n) is 4.50. The van der Waals surface area contributed by atoms with Gasteiger partial charge in [-0.2, -0.15) is 0 Å². The number of halogens is 2. The van der Waals surface area contributed by atoms with Gasteiger partial charge in [0, 0.05) is 28.1 Å². The number of nitrogens with one attached hydrogen (secondary N) is 1. The standard InChI is InChI=1S/C14H13Cl2NO3/c1-7-13(14(19)20-2)10(6-12(18)17-7)9-4-3-8(15)5-11(9)16/h3-5,10H,6H2,1-2H3,(H,17,18)/t10-/m1/s1. The van der Waals surface area contributed by atoms with Crippen molar-refractivity contribution in [3.8, 4) is 0 Å². The molecule has 20 heavy (non-hydrogen) atoms. The van der Waals surface area contributed by atoms with E-state index < -0.39 is 11.9 Å². The lowest BCUT2D eigenvalue weighted by Gasteiger charge is -2.26. The number of hydrogen-bond acceptors (Lipinski definition) is 3. The molecule has 0 bridgehead atoms. The van der Waals surface area contributed by atoms with Gasteiger partial charge in [-0.3, -0.25) is 4.79 Å². The Bertz CT molecular complexity index is 610. The third-order valence-electron chi connectivity index (χ3n) is 3.21. The predicted octanol–water partition coefficient (Wildman–Crippen LogP) is 3.04. The van der Waals surface area contributed by atoms with E-state index in [1.165, 1.54) is 7.11 Å². The van der Waals surface area contributed by atoms with Crippen LogP contribution in [0.5, 0.6) is 0 Å². The molecule has 1 N–H and O–H groups in total. The van der Waals surface area contributed by atoms with Crippen molar-refractivity contribution >= 4 is 35.1 Å². The SMILES string of the molecule is COC(=O)C1=C(C)NC(=O)C[C@@H]1c1ccc(Cl)cc1Cl. The van der Waals surface area contributed by atoms with Crippen molar-refractivity contribution in [3.63, 3.8) is 0 Å². The Morgan fingerprint density at radius 2 is 2.10 bits per heavy atom. The average molecular weight is 314 g/mol. The fourth-order valence-corrected chi connectivity index (χ4v) is 2.87. The fourth-order valence-electron chi connectivity index (χ4n) is 2.33. The monoisotopic (exact) mass is 313 g/mol. The van der Waals surface area contributed by atoms with Crippen molar-refractivity contribution in [1.82, 2.24) is 5.32 Å². The highest BCUT2D eigenvalue weighted by atomic mass is 35.5. The van der Waals surface area contributed by atoms with Gasteiger partial charge in [-0.25, -0.2) is 4.79 Å². The summed E-state index contributed by atoms with van der Waals surface area (Å²) in [6.07, 6.45) is 0.142. The van der Waals surface area contributed by atoms with Crippen LogP contribution >= 0.6 is 23.2 Å². The Hall–Kier alpha value is -1.52. The minimum Gasteiger partial charge on any atom is -0.466 e. The van der Waals surface area contributed by atoms with Crippen LogP contribution in [0.2, 0.25) is 10.0 Å². The first-order valence-corrected chi connectivity index (χ1v) is 6.73. The molecule has 0 aliphatic carbocycles. The van der Waals surface area contributed by atoms with Gasteiger partial charge in [0.2, 0.25) is 5.91 Å². The first kappa shape index (κ1) is 14.9. The topological polar surface area (TPSA) is 55.4 Å². The Labute approximate surface area is 126 Å². The van der Waals surface area contributed by atoms with E-state index in [9.17, 15) is 9.59 Å². The molecule has 1 atom stereocenters. The van der Waals surface area contributed by atoms with Crippen LogP contribution in [0.3, 0.4) is 0 Å². The molecule has 4 nitrogen and oxygen atoms in total. The molecule has 0 spiro atoms. The maximum atomic E-state index is 11.9. The maximum Gasteiger partial charge on any atom is 0.336 e. The molecule has 1 aromatic rings. The van der Waals surface area contributed by atoms with Crippen molar-refractivity contribution < 1.29 is 14.3 Å². The number of esters is 1. The fraction of sp³-hybridized carbons (Fsp3) is 0.286. The Kier molecular flexibility index (Phi) is 4.35. The number of hydrogen-bond donors (Lipinski definition) is 1. The van der Waals surface area contributed by atoms with Crippen LogP contribution < -0.4 is 5.32 Å². The van der Waals surface area contributed by atoms with E-state index in [0.29, 0.717) is 26.9 Å². The second kappa shape index (κ2) is 5.85. The molecule has 0 radical (unpaired) electrons. The van der Waals surface area contributed by atoms with Gasteiger partial charge in [-0.15, -0.1) is 0 Å². The summed E-state index contributed by atoms with van der Waals surface area (Å²) in [6, 6.07) is 5.00. The maximum absolute atomic E-state index is 11.9. The van der Waals surface area contributed by atoms with E-state index in [-0.39, 0.29) is 12.3 Å². The minimum atomic E-state index is -0.474.